The fourth-order valence-corrected chi connectivity index (χ4v) is 2.23. The maximum Gasteiger partial charge on any atom is 0.275 e. The van der Waals surface area contributed by atoms with Gasteiger partial charge in [0.25, 0.3) is 5.19 Å². The number of aldehydes is 1. The number of rotatable bonds is 8. The van der Waals surface area contributed by atoms with Gasteiger partial charge >= 0.3 is 0 Å². The minimum Gasteiger partial charge on any atom is -0.470 e. The molecule has 0 aliphatic carbocycles. The Labute approximate surface area is 105 Å². The molecule has 1 rings (SSSR count). The standard InChI is InChI=1S/C11H16ClNO2S/c1-2-3-4-5-6-7-15-11-13-10(12)9(8-14)16-11/h8H,2-7H2,1H3. The van der Waals surface area contributed by atoms with Crippen molar-refractivity contribution in [2.75, 3.05) is 6.61 Å². The number of hydrogen-bond donors (Lipinski definition) is 0. The molecule has 3 nitrogen and oxygen atoms in total. The van der Waals surface area contributed by atoms with Crippen LogP contribution in [0.25, 0.3) is 0 Å². The Morgan fingerprint density at radius 1 is 1.38 bits per heavy atom. The average Bonchev–Trinajstić information content (AvgIpc) is 2.64. The van der Waals surface area contributed by atoms with Crippen LogP contribution in [0.1, 0.15) is 48.7 Å². The topological polar surface area (TPSA) is 39.2 Å². The smallest absolute Gasteiger partial charge is 0.275 e. The molecule has 16 heavy (non-hydrogen) atoms. The van der Waals surface area contributed by atoms with Crippen LogP contribution in [0.3, 0.4) is 0 Å². The Morgan fingerprint density at radius 3 is 2.75 bits per heavy atom. The molecule has 1 heterocycles. The van der Waals surface area contributed by atoms with Gasteiger partial charge in [-0.3, -0.25) is 4.79 Å². The molecule has 0 N–H and O–H groups in total. The van der Waals surface area contributed by atoms with E-state index in [4.69, 9.17) is 16.3 Å². The molecular formula is C11H16ClNO2S. The van der Waals surface area contributed by atoms with Gasteiger partial charge < -0.3 is 4.74 Å². The zero-order valence-electron chi connectivity index (χ0n) is 9.37. The molecule has 0 saturated heterocycles. The monoisotopic (exact) mass is 261 g/mol. The second-order valence-electron chi connectivity index (χ2n) is 3.52. The molecule has 0 fully saturated rings. The predicted octanol–water partition coefficient (Wildman–Crippen LogP) is 3.96. The molecule has 0 atom stereocenters. The molecule has 0 radical (unpaired) electrons. The van der Waals surface area contributed by atoms with Crippen LogP contribution in [0, 0.1) is 0 Å². The maximum atomic E-state index is 10.5. The van der Waals surface area contributed by atoms with Crippen LogP contribution in [0.2, 0.25) is 5.15 Å². The fraction of sp³-hybridized carbons (Fsp3) is 0.636. The van der Waals surface area contributed by atoms with Crippen LogP contribution in [-0.2, 0) is 0 Å². The zero-order valence-corrected chi connectivity index (χ0v) is 10.9. The molecule has 90 valence electrons. The molecule has 0 unspecified atom stereocenters. The van der Waals surface area contributed by atoms with Gasteiger partial charge in [-0.2, -0.15) is 4.98 Å². The van der Waals surface area contributed by atoms with E-state index in [2.05, 4.69) is 11.9 Å². The van der Waals surface area contributed by atoms with Crippen molar-refractivity contribution in [2.24, 2.45) is 0 Å². The van der Waals surface area contributed by atoms with Crippen molar-refractivity contribution < 1.29 is 9.53 Å². The molecule has 0 amide bonds. The first-order valence-electron chi connectivity index (χ1n) is 5.52. The number of thiazole rings is 1. The third-order valence-electron chi connectivity index (χ3n) is 2.17. The third kappa shape index (κ3) is 4.49. The number of halogens is 1. The van der Waals surface area contributed by atoms with Crippen molar-refractivity contribution in [3.8, 4) is 5.19 Å². The zero-order chi connectivity index (χ0) is 11.8. The summed E-state index contributed by atoms with van der Waals surface area (Å²) in [5.74, 6) is 0. The summed E-state index contributed by atoms with van der Waals surface area (Å²) in [5.41, 5.74) is 0. The Kier molecular flexibility index (Phi) is 6.42. The lowest BCUT2D eigenvalue weighted by atomic mass is 10.2. The van der Waals surface area contributed by atoms with Gasteiger partial charge in [0.1, 0.15) is 4.88 Å². The molecule has 0 aliphatic heterocycles. The highest BCUT2D eigenvalue weighted by atomic mass is 35.5. The van der Waals surface area contributed by atoms with Crippen molar-refractivity contribution in [3.63, 3.8) is 0 Å². The van der Waals surface area contributed by atoms with Crippen LogP contribution >= 0.6 is 22.9 Å². The average molecular weight is 262 g/mol. The first kappa shape index (κ1) is 13.5. The van der Waals surface area contributed by atoms with E-state index in [1.807, 2.05) is 0 Å². The summed E-state index contributed by atoms with van der Waals surface area (Å²) >= 11 is 6.91. The molecule has 0 saturated carbocycles. The predicted molar refractivity (Wildman–Crippen MR) is 66.8 cm³/mol. The SMILES string of the molecule is CCCCCCCOc1nc(Cl)c(C=O)s1. The number of unbranched alkanes of at least 4 members (excludes halogenated alkanes) is 4. The van der Waals surface area contributed by atoms with Gasteiger partial charge in [0.2, 0.25) is 0 Å². The van der Waals surface area contributed by atoms with Crippen molar-refractivity contribution in [1.29, 1.82) is 0 Å². The van der Waals surface area contributed by atoms with E-state index < -0.39 is 0 Å². The van der Waals surface area contributed by atoms with Crippen molar-refractivity contribution in [3.05, 3.63) is 10.0 Å². The van der Waals surface area contributed by atoms with Crippen LogP contribution in [0.5, 0.6) is 5.19 Å². The van der Waals surface area contributed by atoms with Gasteiger partial charge in [-0.25, -0.2) is 0 Å². The van der Waals surface area contributed by atoms with E-state index in [-0.39, 0.29) is 5.15 Å². The van der Waals surface area contributed by atoms with Gasteiger partial charge in [0, 0.05) is 0 Å². The molecule has 0 aliphatic rings. The summed E-state index contributed by atoms with van der Waals surface area (Å²) in [7, 11) is 0. The largest absolute Gasteiger partial charge is 0.470 e. The van der Waals surface area contributed by atoms with E-state index in [1.54, 1.807) is 0 Å². The molecule has 0 spiro atoms. The minimum atomic E-state index is 0.237. The van der Waals surface area contributed by atoms with Gasteiger partial charge in [0.05, 0.1) is 6.61 Å². The molecule has 5 heteroatoms. The van der Waals surface area contributed by atoms with Crippen LogP contribution < -0.4 is 4.74 Å². The third-order valence-corrected chi connectivity index (χ3v) is 3.46. The Morgan fingerprint density at radius 2 is 2.12 bits per heavy atom. The van der Waals surface area contributed by atoms with Crippen molar-refractivity contribution in [1.82, 2.24) is 4.98 Å². The summed E-state index contributed by atoms with van der Waals surface area (Å²) in [6.07, 6.45) is 6.66. The number of carbonyl (C=O) groups is 1. The summed E-state index contributed by atoms with van der Waals surface area (Å²) in [6.45, 7) is 2.83. The van der Waals surface area contributed by atoms with E-state index >= 15 is 0 Å². The Bertz CT molecular complexity index is 328. The van der Waals surface area contributed by atoms with E-state index in [0.717, 1.165) is 6.42 Å². The van der Waals surface area contributed by atoms with E-state index in [0.29, 0.717) is 23.0 Å². The summed E-state index contributed by atoms with van der Waals surface area (Å²) in [5, 5.41) is 0.726. The highest BCUT2D eigenvalue weighted by molar-refractivity contribution is 7.15. The lowest BCUT2D eigenvalue weighted by molar-refractivity contribution is 0.112. The van der Waals surface area contributed by atoms with Crippen LogP contribution in [-0.4, -0.2) is 17.9 Å². The number of carbonyl (C=O) groups excluding carboxylic acids is 1. The molecule has 0 aromatic carbocycles. The Balaban J connectivity index is 2.19. The number of hydrogen-bond acceptors (Lipinski definition) is 4. The van der Waals surface area contributed by atoms with E-state index in [1.165, 1.54) is 37.0 Å². The maximum absolute atomic E-state index is 10.5. The highest BCUT2D eigenvalue weighted by Gasteiger charge is 2.08. The fourth-order valence-electron chi connectivity index (χ4n) is 1.29. The van der Waals surface area contributed by atoms with Gasteiger partial charge in [-0.1, -0.05) is 55.5 Å². The summed E-state index contributed by atoms with van der Waals surface area (Å²) in [6, 6.07) is 0. The molecule has 1 aromatic rings. The Hall–Kier alpha value is -0.610. The highest BCUT2D eigenvalue weighted by Crippen LogP contribution is 2.27. The lowest BCUT2D eigenvalue weighted by Crippen LogP contribution is -1.96. The number of aromatic nitrogens is 1. The van der Waals surface area contributed by atoms with Crippen molar-refractivity contribution >= 4 is 29.2 Å². The normalized spacial score (nSPS) is 10.4. The summed E-state index contributed by atoms with van der Waals surface area (Å²) in [4.78, 5) is 14.9. The van der Waals surface area contributed by atoms with Gasteiger partial charge in [0.15, 0.2) is 11.4 Å². The quantitative estimate of drug-likeness (QED) is 0.525. The van der Waals surface area contributed by atoms with Gasteiger partial charge in [-0.15, -0.1) is 0 Å². The van der Waals surface area contributed by atoms with Crippen molar-refractivity contribution in [2.45, 2.75) is 39.0 Å². The molecule has 1 aromatic heterocycles. The number of ether oxygens (including phenoxy) is 1. The van der Waals surface area contributed by atoms with Crippen LogP contribution in [0.15, 0.2) is 0 Å². The van der Waals surface area contributed by atoms with Gasteiger partial charge in [-0.05, 0) is 6.42 Å². The first-order valence-corrected chi connectivity index (χ1v) is 6.71. The second-order valence-corrected chi connectivity index (χ2v) is 4.87. The minimum absolute atomic E-state index is 0.237. The second kappa shape index (κ2) is 7.63. The molecule has 0 bridgehead atoms. The van der Waals surface area contributed by atoms with E-state index in [9.17, 15) is 4.79 Å². The first-order chi connectivity index (χ1) is 7.77. The van der Waals surface area contributed by atoms with Crippen LogP contribution in [0.4, 0.5) is 0 Å². The molecular weight excluding hydrogens is 246 g/mol. The number of nitrogens with zero attached hydrogens (tertiary/aromatic N) is 1. The summed E-state index contributed by atoms with van der Waals surface area (Å²) < 4.78 is 5.41. The lowest BCUT2D eigenvalue weighted by Gasteiger charge is -2.01.